The van der Waals surface area contributed by atoms with Crippen LogP contribution in [0.4, 0.5) is 5.69 Å². The van der Waals surface area contributed by atoms with Gasteiger partial charge in [0.1, 0.15) is 5.75 Å². The molecule has 0 aliphatic carbocycles. The molecule has 2 rings (SSSR count). The summed E-state index contributed by atoms with van der Waals surface area (Å²) in [5, 5.41) is 3.15. The van der Waals surface area contributed by atoms with Crippen LogP contribution in [-0.2, 0) is 4.79 Å². The van der Waals surface area contributed by atoms with Crippen LogP contribution >= 0.6 is 11.6 Å². The standard InChI is InChI=1S/C16H15ClN2O3/c1-10(22-12-6-4-5-11(17)9-12)16(21)19-14-8-3-2-7-13(14)15(18)20/h2-10H,1H3,(H2,18,20)(H,19,21)/t10-/m0/s1. The summed E-state index contributed by atoms with van der Waals surface area (Å²) in [5.74, 6) is -0.522. The van der Waals surface area contributed by atoms with E-state index in [2.05, 4.69) is 5.32 Å². The minimum Gasteiger partial charge on any atom is -0.481 e. The van der Waals surface area contributed by atoms with Gasteiger partial charge < -0.3 is 15.8 Å². The maximum absolute atomic E-state index is 12.2. The van der Waals surface area contributed by atoms with Crippen molar-refractivity contribution in [3.63, 3.8) is 0 Å². The largest absolute Gasteiger partial charge is 0.481 e. The summed E-state index contributed by atoms with van der Waals surface area (Å²) in [7, 11) is 0. The molecule has 0 saturated carbocycles. The molecule has 0 aliphatic rings. The third-order valence-corrected chi connectivity index (χ3v) is 3.16. The third kappa shape index (κ3) is 3.99. The molecule has 1 atom stereocenters. The first kappa shape index (κ1) is 15.9. The zero-order valence-corrected chi connectivity index (χ0v) is 12.6. The summed E-state index contributed by atoms with van der Waals surface area (Å²) in [6, 6.07) is 13.3. The van der Waals surface area contributed by atoms with E-state index in [0.717, 1.165) is 0 Å². The number of para-hydroxylation sites is 1. The van der Waals surface area contributed by atoms with Crippen LogP contribution in [0, 0.1) is 0 Å². The van der Waals surface area contributed by atoms with Crippen molar-refractivity contribution in [1.29, 1.82) is 0 Å². The molecule has 22 heavy (non-hydrogen) atoms. The van der Waals surface area contributed by atoms with E-state index in [1.807, 2.05) is 0 Å². The fraction of sp³-hybridized carbons (Fsp3) is 0.125. The Kier molecular flexibility index (Phi) is 5.01. The first-order valence-corrected chi connectivity index (χ1v) is 6.97. The number of nitrogens with two attached hydrogens (primary N) is 1. The minimum atomic E-state index is -0.764. The Balaban J connectivity index is 2.07. The highest BCUT2D eigenvalue weighted by molar-refractivity contribution is 6.30. The molecule has 114 valence electrons. The Bertz CT molecular complexity index is 703. The van der Waals surface area contributed by atoms with Crippen molar-refractivity contribution in [2.75, 3.05) is 5.32 Å². The molecule has 0 heterocycles. The number of nitrogens with one attached hydrogen (secondary N) is 1. The number of primary amides is 1. The fourth-order valence-electron chi connectivity index (χ4n) is 1.84. The van der Waals surface area contributed by atoms with Gasteiger partial charge in [0.15, 0.2) is 6.10 Å². The summed E-state index contributed by atoms with van der Waals surface area (Å²) in [4.78, 5) is 23.5. The lowest BCUT2D eigenvalue weighted by molar-refractivity contribution is -0.122. The number of hydrogen-bond acceptors (Lipinski definition) is 3. The number of ether oxygens (including phenoxy) is 1. The van der Waals surface area contributed by atoms with Crippen LogP contribution in [0.3, 0.4) is 0 Å². The zero-order valence-electron chi connectivity index (χ0n) is 11.9. The van der Waals surface area contributed by atoms with Crippen LogP contribution in [0.25, 0.3) is 0 Å². The first-order valence-electron chi connectivity index (χ1n) is 6.59. The van der Waals surface area contributed by atoms with E-state index in [-0.39, 0.29) is 5.56 Å². The van der Waals surface area contributed by atoms with Crippen LogP contribution in [0.5, 0.6) is 5.75 Å². The summed E-state index contributed by atoms with van der Waals surface area (Å²) >= 11 is 5.86. The van der Waals surface area contributed by atoms with E-state index in [9.17, 15) is 9.59 Å². The highest BCUT2D eigenvalue weighted by Gasteiger charge is 2.17. The lowest BCUT2D eigenvalue weighted by atomic mass is 10.1. The second kappa shape index (κ2) is 6.95. The molecule has 0 bridgehead atoms. The van der Waals surface area contributed by atoms with Crippen molar-refractivity contribution in [3.8, 4) is 5.75 Å². The van der Waals surface area contributed by atoms with Crippen LogP contribution in [0.2, 0.25) is 5.02 Å². The third-order valence-electron chi connectivity index (χ3n) is 2.93. The molecular formula is C16H15ClN2O3. The maximum atomic E-state index is 12.2. The maximum Gasteiger partial charge on any atom is 0.265 e. The number of rotatable bonds is 5. The highest BCUT2D eigenvalue weighted by Crippen LogP contribution is 2.19. The number of halogens is 1. The average molecular weight is 319 g/mol. The van der Waals surface area contributed by atoms with Gasteiger partial charge in [0.05, 0.1) is 11.3 Å². The van der Waals surface area contributed by atoms with E-state index >= 15 is 0 Å². The molecule has 6 heteroatoms. The highest BCUT2D eigenvalue weighted by atomic mass is 35.5. The Morgan fingerprint density at radius 1 is 1.18 bits per heavy atom. The molecule has 0 unspecified atom stereocenters. The number of amides is 2. The van der Waals surface area contributed by atoms with Crippen molar-refractivity contribution in [3.05, 3.63) is 59.1 Å². The second-order valence-corrected chi connectivity index (χ2v) is 5.05. The van der Waals surface area contributed by atoms with Crippen LogP contribution < -0.4 is 15.8 Å². The number of anilines is 1. The van der Waals surface area contributed by atoms with Gasteiger partial charge in [-0.05, 0) is 37.3 Å². The molecular weight excluding hydrogens is 304 g/mol. The van der Waals surface area contributed by atoms with E-state index in [4.69, 9.17) is 22.1 Å². The van der Waals surface area contributed by atoms with Gasteiger partial charge in [-0.3, -0.25) is 9.59 Å². The SMILES string of the molecule is C[C@H](Oc1cccc(Cl)c1)C(=O)Nc1ccccc1C(N)=O. The molecule has 0 saturated heterocycles. The second-order valence-electron chi connectivity index (χ2n) is 4.62. The van der Waals surface area contributed by atoms with Gasteiger partial charge in [-0.1, -0.05) is 29.8 Å². The fourth-order valence-corrected chi connectivity index (χ4v) is 2.02. The number of hydrogen-bond donors (Lipinski definition) is 2. The van der Waals surface area contributed by atoms with Crippen molar-refractivity contribution in [2.45, 2.75) is 13.0 Å². The van der Waals surface area contributed by atoms with E-state index in [0.29, 0.717) is 16.5 Å². The van der Waals surface area contributed by atoms with Gasteiger partial charge in [-0.25, -0.2) is 0 Å². The molecule has 0 fully saturated rings. The first-order chi connectivity index (χ1) is 10.5. The van der Waals surface area contributed by atoms with Gasteiger partial charge in [0, 0.05) is 5.02 Å². The summed E-state index contributed by atoms with van der Waals surface area (Å²) < 4.78 is 5.52. The van der Waals surface area contributed by atoms with Gasteiger partial charge in [0.25, 0.3) is 11.8 Å². The zero-order chi connectivity index (χ0) is 16.1. The van der Waals surface area contributed by atoms with Gasteiger partial charge in [-0.15, -0.1) is 0 Å². The topological polar surface area (TPSA) is 81.4 Å². The summed E-state index contributed by atoms with van der Waals surface area (Å²) in [6.07, 6.45) is -0.764. The van der Waals surface area contributed by atoms with Crippen molar-refractivity contribution < 1.29 is 14.3 Å². The lowest BCUT2D eigenvalue weighted by Gasteiger charge is -2.16. The molecule has 2 amide bonds. The Morgan fingerprint density at radius 3 is 2.59 bits per heavy atom. The Labute approximate surface area is 133 Å². The van der Waals surface area contributed by atoms with Gasteiger partial charge in [-0.2, -0.15) is 0 Å². The smallest absolute Gasteiger partial charge is 0.265 e. The molecule has 2 aromatic carbocycles. The van der Waals surface area contributed by atoms with Crippen LogP contribution in [0.15, 0.2) is 48.5 Å². The van der Waals surface area contributed by atoms with Crippen molar-refractivity contribution >= 4 is 29.1 Å². The van der Waals surface area contributed by atoms with Crippen molar-refractivity contribution in [2.24, 2.45) is 5.73 Å². The molecule has 0 aromatic heterocycles. The number of carbonyl (C=O) groups excluding carboxylic acids is 2. The summed E-state index contributed by atoms with van der Waals surface area (Å²) in [5.41, 5.74) is 5.86. The summed E-state index contributed by atoms with van der Waals surface area (Å²) in [6.45, 7) is 1.60. The quantitative estimate of drug-likeness (QED) is 0.889. The van der Waals surface area contributed by atoms with Crippen LogP contribution in [-0.4, -0.2) is 17.9 Å². The predicted molar refractivity (Wildman–Crippen MR) is 85.1 cm³/mol. The molecule has 0 spiro atoms. The predicted octanol–water partition coefficient (Wildman–Crippen LogP) is 2.84. The van der Waals surface area contributed by atoms with E-state index in [1.54, 1.807) is 55.5 Å². The normalized spacial score (nSPS) is 11.5. The Morgan fingerprint density at radius 2 is 1.91 bits per heavy atom. The van der Waals surface area contributed by atoms with E-state index < -0.39 is 17.9 Å². The molecule has 0 aliphatic heterocycles. The van der Waals surface area contributed by atoms with Gasteiger partial charge >= 0.3 is 0 Å². The molecule has 0 radical (unpaired) electrons. The lowest BCUT2D eigenvalue weighted by Crippen LogP contribution is -2.31. The number of benzene rings is 2. The molecule has 2 aromatic rings. The van der Waals surface area contributed by atoms with E-state index in [1.165, 1.54) is 0 Å². The molecule has 3 N–H and O–H groups in total. The van der Waals surface area contributed by atoms with Crippen LogP contribution in [0.1, 0.15) is 17.3 Å². The minimum absolute atomic E-state index is 0.241. The monoisotopic (exact) mass is 318 g/mol. The number of carbonyl (C=O) groups is 2. The van der Waals surface area contributed by atoms with Crippen molar-refractivity contribution in [1.82, 2.24) is 0 Å². The average Bonchev–Trinajstić information content (AvgIpc) is 2.47. The molecule has 5 nitrogen and oxygen atoms in total. The Hall–Kier alpha value is -2.53. The van der Waals surface area contributed by atoms with Gasteiger partial charge in [0.2, 0.25) is 0 Å².